The van der Waals surface area contributed by atoms with E-state index in [1.54, 1.807) is 0 Å². The van der Waals surface area contributed by atoms with E-state index in [0.717, 1.165) is 12.3 Å². The van der Waals surface area contributed by atoms with Gasteiger partial charge in [-0.2, -0.15) is 13.2 Å². The molecule has 1 atom stereocenters. The summed E-state index contributed by atoms with van der Waals surface area (Å²) in [6.07, 6.45) is -3.34. The number of rotatable bonds is 1. The third-order valence-electron chi connectivity index (χ3n) is 1.42. The highest BCUT2D eigenvalue weighted by Gasteiger charge is 2.38. The van der Waals surface area contributed by atoms with Gasteiger partial charge >= 0.3 is 6.18 Å². The van der Waals surface area contributed by atoms with Crippen molar-refractivity contribution in [3.05, 3.63) is 29.0 Å². The average Bonchev–Trinajstić information content (AvgIpc) is 2.03. The number of alkyl halides is 3. The molecule has 1 aromatic heterocycles. The Morgan fingerprint density at radius 2 is 1.93 bits per heavy atom. The first-order chi connectivity index (χ1) is 5.91. The number of hydrogen-bond acceptors (Lipinski definition) is 2. The van der Waals surface area contributed by atoms with E-state index in [1.807, 2.05) is 0 Å². The first kappa shape index (κ1) is 13.5. The van der Waals surface area contributed by atoms with Crippen molar-refractivity contribution in [3.63, 3.8) is 0 Å². The van der Waals surface area contributed by atoms with Gasteiger partial charge in [0.15, 0.2) is 0 Å². The van der Waals surface area contributed by atoms with Crippen LogP contribution in [-0.4, -0.2) is 11.2 Å². The molecule has 0 saturated carbocycles. The van der Waals surface area contributed by atoms with Crippen LogP contribution in [0.25, 0.3) is 0 Å². The number of halogens is 5. The average molecular weight is 247 g/mol. The van der Waals surface area contributed by atoms with Crippen LogP contribution in [0, 0.1) is 0 Å². The van der Waals surface area contributed by atoms with Gasteiger partial charge in [0.2, 0.25) is 0 Å². The lowest BCUT2D eigenvalue weighted by atomic mass is 10.2. The zero-order valence-electron chi connectivity index (χ0n) is 6.75. The minimum atomic E-state index is -4.47. The molecule has 2 nitrogen and oxygen atoms in total. The second kappa shape index (κ2) is 4.82. The third kappa shape index (κ3) is 3.32. The molecule has 1 unspecified atom stereocenters. The van der Waals surface area contributed by atoms with E-state index in [0.29, 0.717) is 0 Å². The van der Waals surface area contributed by atoms with E-state index < -0.39 is 12.2 Å². The minimum absolute atomic E-state index is 0. The van der Waals surface area contributed by atoms with Crippen molar-refractivity contribution in [1.82, 2.24) is 4.98 Å². The fourth-order valence-corrected chi connectivity index (χ4v) is 0.851. The van der Waals surface area contributed by atoms with Crippen LogP contribution in [-0.2, 0) is 0 Å². The van der Waals surface area contributed by atoms with Crippen LogP contribution in [0.5, 0.6) is 0 Å². The Morgan fingerprint density at radius 3 is 2.29 bits per heavy atom. The second-order valence-electron chi connectivity index (χ2n) is 2.42. The molecule has 0 aliphatic carbocycles. The molecule has 1 aromatic rings. The summed E-state index contributed by atoms with van der Waals surface area (Å²) < 4.78 is 36.1. The van der Waals surface area contributed by atoms with Crippen molar-refractivity contribution >= 4 is 24.0 Å². The summed E-state index contributed by atoms with van der Waals surface area (Å²) in [6, 6.07) is 0.417. The summed E-state index contributed by atoms with van der Waals surface area (Å²) in [4.78, 5) is 3.47. The molecular weight excluding hydrogens is 240 g/mol. The Morgan fingerprint density at radius 1 is 1.36 bits per heavy atom. The molecule has 14 heavy (non-hydrogen) atoms. The molecule has 0 radical (unpaired) electrons. The predicted octanol–water partition coefficient (Wildman–Crippen LogP) is 2.72. The Balaban J connectivity index is 0.00000169. The Hall–Kier alpha value is -0.520. The smallest absolute Gasteiger partial charge is 0.315 e. The van der Waals surface area contributed by atoms with Crippen molar-refractivity contribution in [2.45, 2.75) is 12.2 Å². The lowest BCUT2D eigenvalue weighted by molar-refractivity contribution is -0.150. The number of hydrogen-bond donors (Lipinski definition) is 1. The summed E-state index contributed by atoms with van der Waals surface area (Å²) in [5, 5.41) is 0.276. The monoisotopic (exact) mass is 246 g/mol. The van der Waals surface area contributed by atoms with Gasteiger partial charge in [0, 0.05) is 6.20 Å². The molecule has 0 bridgehead atoms. The van der Waals surface area contributed by atoms with Gasteiger partial charge < -0.3 is 5.73 Å². The standard InChI is InChI=1S/C7H6ClF3N2.ClH/c8-4-1-2-5(13-3-4)6(12)7(9,10)11;/h1-3,6H,12H2;1H. The summed E-state index contributed by atoms with van der Waals surface area (Å²) in [5.41, 5.74) is 4.65. The highest BCUT2D eigenvalue weighted by atomic mass is 35.5. The summed E-state index contributed by atoms with van der Waals surface area (Å²) in [6.45, 7) is 0. The van der Waals surface area contributed by atoms with Gasteiger partial charge in [0.1, 0.15) is 6.04 Å². The Labute approximate surface area is 89.7 Å². The zero-order valence-corrected chi connectivity index (χ0v) is 8.33. The minimum Gasteiger partial charge on any atom is -0.315 e. The van der Waals surface area contributed by atoms with Gasteiger partial charge in [-0.1, -0.05) is 11.6 Å². The van der Waals surface area contributed by atoms with Gasteiger partial charge in [-0.15, -0.1) is 12.4 Å². The lowest BCUT2D eigenvalue weighted by Crippen LogP contribution is -2.29. The molecule has 0 aliphatic rings. The van der Waals surface area contributed by atoms with Crippen molar-refractivity contribution in [2.75, 3.05) is 0 Å². The van der Waals surface area contributed by atoms with Crippen molar-refractivity contribution in [3.8, 4) is 0 Å². The molecule has 2 N–H and O–H groups in total. The van der Waals surface area contributed by atoms with Crippen LogP contribution in [0.15, 0.2) is 18.3 Å². The lowest BCUT2D eigenvalue weighted by Gasteiger charge is -2.14. The largest absolute Gasteiger partial charge is 0.409 e. The number of pyridine rings is 1. The molecule has 1 heterocycles. The van der Waals surface area contributed by atoms with Crippen LogP contribution in [0.3, 0.4) is 0 Å². The molecular formula is C7H7Cl2F3N2. The van der Waals surface area contributed by atoms with Crippen LogP contribution >= 0.6 is 24.0 Å². The van der Waals surface area contributed by atoms with E-state index in [1.165, 1.54) is 6.07 Å². The summed E-state index contributed by atoms with van der Waals surface area (Å²) >= 11 is 5.45. The topological polar surface area (TPSA) is 38.9 Å². The highest BCUT2D eigenvalue weighted by Crippen LogP contribution is 2.29. The van der Waals surface area contributed by atoms with E-state index in [9.17, 15) is 13.2 Å². The highest BCUT2D eigenvalue weighted by molar-refractivity contribution is 6.30. The van der Waals surface area contributed by atoms with Crippen LogP contribution in [0.2, 0.25) is 5.02 Å². The van der Waals surface area contributed by atoms with E-state index in [2.05, 4.69) is 4.98 Å². The van der Waals surface area contributed by atoms with Crippen LogP contribution < -0.4 is 5.73 Å². The molecule has 0 spiro atoms. The molecule has 0 aromatic carbocycles. The van der Waals surface area contributed by atoms with Crippen molar-refractivity contribution < 1.29 is 13.2 Å². The fourth-order valence-electron chi connectivity index (χ4n) is 0.739. The first-order valence-corrected chi connectivity index (χ1v) is 3.73. The molecule has 80 valence electrons. The van der Waals surface area contributed by atoms with Crippen molar-refractivity contribution in [2.24, 2.45) is 5.73 Å². The van der Waals surface area contributed by atoms with Gasteiger partial charge in [-0.3, -0.25) is 4.98 Å². The van der Waals surface area contributed by atoms with E-state index in [4.69, 9.17) is 17.3 Å². The van der Waals surface area contributed by atoms with E-state index in [-0.39, 0.29) is 23.1 Å². The molecule has 0 saturated heterocycles. The Bertz CT molecular complexity index is 286. The van der Waals surface area contributed by atoms with Crippen molar-refractivity contribution in [1.29, 1.82) is 0 Å². The Kier molecular flexibility index (Phi) is 4.64. The fraction of sp³-hybridized carbons (Fsp3) is 0.286. The molecule has 1 rings (SSSR count). The van der Waals surface area contributed by atoms with Gasteiger partial charge in [-0.25, -0.2) is 0 Å². The predicted molar refractivity (Wildman–Crippen MR) is 49.5 cm³/mol. The maximum Gasteiger partial charge on any atom is 0.409 e. The quantitative estimate of drug-likeness (QED) is 0.828. The van der Waals surface area contributed by atoms with E-state index >= 15 is 0 Å². The van der Waals surface area contributed by atoms with Crippen LogP contribution in [0.1, 0.15) is 11.7 Å². The van der Waals surface area contributed by atoms with Gasteiger partial charge in [-0.05, 0) is 12.1 Å². The number of nitrogens with zero attached hydrogens (tertiary/aromatic N) is 1. The first-order valence-electron chi connectivity index (χ1n) is 3.35. The molecule has 7 heteroatoms. The molecule has 0 amide bonds. The number of aromatic nitrogens is 1. The SMILES string of the molecule is Cl.NC(c1ccc(Cl)cn1)C(F)(F)F. The normalized spacial score (nSPS) is 13.2. The second-order valence-corrected chi connectivity index (χ2v) is 2.86. The molecule has 0 aliphatic heterocycles. The maximum absolute atomic E-state index is 12.0. The third-order valence-corrected chi connectivity index (χ3v) is 1.65. The van der Waals surface area contributed by atoms with Gasteiger partial charge in [0.05, 0.1) is 10.7 Å². The summed E-state index contributed by atoms with van der Waals surface area (Å²) in [7, 11) is 0. The molecule has 0 fully saturated rings. The zero-order chi connectivity index (χ0) is 10.1. The number of nitrogens with two attached hydrogens (primary N) is 1. The van der Waals surface area contributed by atoms with Crippen LogP contribution in [0.4, 0.5) is 13.2 Å². The summed E-state index contributed by atoms with van der Waals surface area (Å²) in [5.74, 6) is 0. The maximum atomic E-state index is 12.0. The van der Waals surface area contributed by atoms with Gasteiger partial charge in [0.25, 0.3) is 0 Å².